The zero-order valence-corrected chi connectivity index (χ0v) is 11.7. The van der Waals surface area contributed by atoms with Crippen molar-refractivity contribution in [3.63, 3.8) is 0 Å². The molecule has 1 atom stereocenters. The van der Waals surface area contributed by atoms with E-state index in [2.05, 4.69) is 27.7 Å². The average Bonchev–Trinajstić information content (AvgIpc) is 2.27. The monoisotopic (exact) mass is 234 g/mol. The van der Waals surface area contributed by atoms with E-state index in [-0.39, 0.29) is 5.41 Å². The zero-order chi connectivity index (χ0) is 12.9. The van der Waals surface area contributed by atoms with Crippen LogP contribution < -0.4 is 0 Å². The van der Waals surface area contributed by atoms with Crippen molar-refractivity contribution in [1.29, 1.82) is 0 Å². The van der Waals surface area contributed by atoms with E-state index in [0.29, 0.717) is 0 Å². The summed E-state index contributed by atoms with van der Waals surface area (Å²) >= 11 is 0. The largest absolute Gasteiger partial charge is 0.385 e. The lowest BCUT2D eigenvalue weighted by Gasteiger charge is -2.31. The second-order valence-corrected chi connectivity index (χ2v) is 6.21. The smallest absolute Gasteiger partial charge is 0.0896 e. The van der Waals surface area contributed by atoms with E-state index < -0.39 is 5.60 Å². The molecule has 1 aromatic rings. The van der Waals surface area contributed by atoms with Gasteiger partial charge in [-0.3, -0.25) is 0 Å². The lowest BCUT2D eigenvalue weighted by Crippen LogP contribution is -2.27. The lowest BCUT2D eigenvalue weighted by molar-refractivity contribution is 0.00744. The molecular formula is C16H26O. The molecule has 0 amide bonds. The van der Waals surface area contributed by atoms with Crippen LogP contribution in [0.1, 0.15) is 58.9 Å². The third-order valence-corrected chi connectivity index (χ3v) is 3.26. The van der Waals surface area contributed by atoms with Gasteiger partial charge in [0.25, 0.3) is 0 Å². The van der Waals surface area contributed by atoms with Crippen LogP contribution in [0.3, 0.4) is 0 Å². The van der Waals surface area contributed by atoms with Gasteiger partial charge in [0.15, 0.2) is 0 Å². The van der Waals surface area contributed by atoms with Crippen LogP contribution in [0.2, 0.25) is 0 Å². The van der Waals surface area contributed by atoms with Crippen LogP contribution in [-0.4, -0.2) is 5.11 Å². The predicted octanol–water partition coefficient (Wildman–Crippen LogP) is 4.50. The molecule has 0 saturated carbocycles. The van der Waals surface area contributed by atoms with E-state index in [9.17, 15) is 5.11 Å². The topological polar surface area (TPSA) is 20.2 Å². The number of hydrogen-bond donors (Lipinski definition) is 1. The quantitative estimate of drug-likeness (QED) is 0.795. The van der Waals surface area contributed by atoms with Gasteiger partial charge in [0.1, 0.15) is 0 Å². The van der Waals surface area contributed by atoms with Crippen molar-refractivity contribution in [3.05, 3.63) is 35.9 Å². The second-order valence-electron chi connectivity index (χ2n) is 6.21. The van der Waals surface area contributed by atoms with Gasteiger partial charge in [-0.2, -0.15) is 0 Å². The van der Waals surface area contributed by atoms with E-state index in [4.69, 9.17) is 0 Å². The Bertz CT molecular complexity index is 323. The van der Waals surface area contributed by atoms with E-state index in [1.165, 1.54) is 0 Å². The molecule has 1 rings (SSSR count). The summed E-state index contributed by atoms with van der Waals surface area (Å²) in [5.74, 6) is 0. The Balaban J connectivity index is 2.82. The third kappa shape index (κ3) is 4.51. The van der Waals surface area contributed by atoms with E-state index >= 15 is 0 Å². The fourth-order valence-corrected chi connectivity index (χ4v) is 2.16. The Morgan fingerprint density at radius 1 is 0.941 bits per heavy atom. The van der Waals surface area contributed by atoms with E-state index in [0.717, 1.165) is 31.2 Å². The Morgan fingerprint density at radius 3 is 2.00 bits per heavy atom. The highest BCUT2D eigenvalue weighted by Gasteiger charge is 2.29. The molecule has 0 aliphatic rings. The summed E-state index contributed by atoms with van der Waals surface area (Å²) in [6.45, 7) is 8.81. The molecule has 0 aliphatic heterocycles. The highest BCUT2D eigenvalue weighted by atomic mass is 16.3. The summed E-state index contributed by atoms with van der Waals surface area (Å²) in [5.41, 5.74) is 0.686. The highest BCUT2D eigenvalue weighted by molar-refractivity contribution is 5.22. The van der Waals surface area contributed by atoms with Crippen LogP contribution in [0.5, 0.6) is 0 Å². The molecule has 0 aliphatic carbocycles. The first kappa shape index (κ1) is 14.2. The molecule has 0 heterocycles. The van der Waals surface area contributed by atoms with Crippen LogP contribution in [0, 0.1) is 5.41 Å². The van der Waals surface area contributed by atoms with Gasteiger partial charge >= 0.3 is 0 Å². The first-order chi connectivity index (χ1) is 7.87. The fourth-order valence-electron chi connectivity index (χ4n) is 2.16. The Labute approximate surface area is 106 Å². The summed E-state index contributed by atoms with van der Waals surface area (Å²) in [6, 6.07) is 10.1. The molecule has 0 bridgehead atoms. The fraction of sp³-hybridized carbons (Fsp3) is 0.625. The van der Waals surface area contributed by atoms with Crippen molar-refractivity contribution in [2.45, 2.75) is 59.0 Å². The first-order valence-corrected chi connectivity index (χ1v) is 6.65. The normalized spacial score (nSPS) is 15.6. The van der Waals surface area contributed by atoms with Crippen LogP contribution in [0.15, 0.2) is 30.3 Å². The molecule has 0 aromatic heterocycles. The van der Waals surface area contributed by atoms with Crippen molar-refractivity contribution in [1.82, 2.24) is 0 Å². The van der Waals surface area contributed by atoms with Crippen LogP contribution >= 0.6 is 0 Å². The average molecular weight is 234 g/mol. The van der Waals surface area contributed by atoms with Gasteiger partial charge in [-0.25, -0.2) is 0 Å². The van der Waals surface area contributed by atoms with Crippen LogP contribution in [-0.2, 0) is 5.60 Å². The number of aliphatic hydroxyl groups is 1. The standard InChI is InChI=1S/C16H26O/c1-5-11-16(17,13-12-15(2,3)4)14-9-7-6-8-10-14/h6-10,17H,5,11-13H2,1-4H3. The summed E-state index contributed by atoms with van der Waals surface area (Å²) in [5, 5.41) is 10.8. The van der Waals surface area contributed by atoms with Gasteiger partial charge < -0.3 is 5.11 Å². The van der Waals surface area contributed by atoms with Crippen molar-refractivity contribution in [2.24, 2.45) is 5.41 Å². The Morgan fingerprint density at radius 2 is 1.53 bits per heavy atom. The van der Waals surface area contributed by atoms with E-state index in [1.54, 1.807) is 0 Å². The minimum absolute atomic E-state index is 0.274. The molecule has 96 valence electrons. The maximum atomic E-state index is 10.8. The molecule has 0 radical (unpaired) electrons. The van der Waals surface area contributed by atoms with Crippen molar-refractivity contribution in [2.75, 3.05) is 0 Å². The van der Waals surface area contributed by atoms with Crippen LogP contribution in [0.25, 0.3) is 0 Å². The predicted molar refractivity (Wildman–Crippen MR) is 73.9 cm³/mol. The van der Waals surface area contributed by atoms with Gasteiger partial charge in [0.05, 0.1) is 5.60 Å². The van der Waals surface area contributed by atoms with Gasteiger partial charge in [0.2, 0.25) is 0 Å². The molecule has 1 heteroatoms. The summed E-state index contributed by atoms with van der Waals surface area (Å²) < 4.78 is 0. The number of rotatable bonds is 5. The molecule has 0 saturated heterocycles. The van der Waals surface area contributed by atoms with Crippen molar-refractivity contribution < 1.29 is 5.11 Å². The number of benzene rings is 1. The summed E-state index contributed by atoms with van der Waals surface area (Å²) in [6.07, 6.45) is 3.73. The summed E-state index contributed by atoms with van der Waals surface area (Å²) in [4.78, 5) is 0. The van der Waals surface area contributed by atoms with Gasteiger partial charge in [-0.1, -0.05) is 64.4 Å². The molecule has 1 nitrogen and oxygen atoms in total. The SMILES string of the molecule is CCCC(O)(CCC(C)(C)C)c1ccccc1. The molecule has 1 unspecified atom stereocenters. The Kier molecular flexibility index (Phi) is 4.76. The molecular weight excluding hydrogens is 208 g/mol. The van der Waals surface area contributed by atoms with Crippen molar-refractivity contribution >= 4 is 0 Å². The van der Waals surface area contributed by atoms with Gasteiger partial charge in [-0.05, 0) is 30.2 Å². The van der Waals surface area contributed by atoms with Gasteiger partial charge in [-0.15, -0.1) is 0 Å². The number of hydrogen-bond acceptors (Lipinski definition) is 1. The molecule has 17 heavy (non-hydrogen) atoms. The third-order valence-electron chi connectivity index (χ3n) is 3.26. The first-order valence-electron chi connectivity index (χ1n) is 6.65. The zero-order valence-electron chi connectivity index (χ0n) is 11.7. The maximum Gasteiger partial charge on any atom is 0.0896 e. The lowest BCUT2D eigenvalue weighted by atomic mass is 9.79. The maximum absolute atomic E-state index is 10.8. The molecule has 0 fully saturated rings. The molecule has 1 aromatic carbocycles. The van der Waals surface area contributed by atoms with Crippen LogP contribution in [0.4, 0.5) is 0 Å². The van der Waals surface area contributed by atoms with Gasteiger partial charge in [0, 0.05) is 0 Å². The van der Waals surface area contributed by atoms with Crippen molar-refractivity contribution in [3.8, 4) is 0 Å². The van der Waals surface area contributed by atoms with E-state index in [1.807, 2.05) is 30.3 Å². The summed E-state index contributed by atoms with van der Waals surface area (Å²) in [7, 11) is 0. The second kappa shape index (κ2) is 5.68. The minimum atomic E-state index is -0.650. The molecule has 0 spiro atoms. The molecule has 1 N–H and O–H groups in total. The Hall–Kier alpha value is -0.820. The minimum Gasteiger partial charge on any atom is -0.385 e. The highest BCUT2D eigenvalue weighted by Crippen LogP contribution is 2.35.